The number of piperidine rings is 1. The number of carbonyl (C=O) groups is 1. The topological polar surface area (TPSA) is 87.8 Å². The van der Waals surface area contributed by atoms with Gasteiger partial charge in [-0.25, -0.2) is 4.98 Å². The van der Waals surface area contributed by atoms with Crippen molar-refractivity contribution >= 4 is 23.0 Å². The maximum atomic E-state index is 11.2. The number of hydrogen-bond acceptors (Lipinski definition) is 5. The van der Waals surface area contributed by atoms with E-state index in [4.69, 9.17) is 9.72 Å². The lowest BCUT2D eigenvalue weighted by atomic mass is 9.99. The molecule has 1 fully saturated rings. The molecule has 4 rings (SSSR count). The van der Waals surface area contributed by atoms with E-state index in [0.717, 1.165) is 67.2 Å². The summed E-state index contributed by atoms with van der Waals surface area (Å²) in [5.41, 5.74) is 2.81. The lowest BCUT2D eigenvalue weighted by Crippen LogP contribution is -2.38. The maximum Gasteiger partial charge on any atom is 0.306 e. The summed E-state index contributed by atoms with van der Waals surface area (Å²) in [6, 6.07) is 3.97. The highest BCUT2D eigenvalue weighted by molar-refractivity contribution is 5.86. The highest BCUT2D eigenvalue weighted by Gasteiger charge is 2.27. The quantitative estimate of drug-likeness (QED) is 0.836. The molecule has 7 heteroatoms. The number of carboxylic acids is 1. The van der Waals surface area contributed by atoms with Crippen LogP contribution in [0.15, 0.2) is 12.1 Å². The van der Waals surface area contributed by atoms with Crippen molar-refractivity contribution in [2.75, 3.05) is 31.2 Å². The van der Waals surface area contributed by atoms with Gasteiger partial charge in [0.25, 0.3) is 0 Å². The highest BCUT2D eigenvalue weighted by atomic mass is 16.5. The number of anilines is 1. The Bertz CT molecular complexity index is 847. The SMILES string of the molecule is C[C@H](Cc1cc2c3c(c1)nc(N1CCC[C@@H](CO)C1)n3CCCO2)C(=O)O. The Hall–Kier alpha value is -2.28. The van der Waals surface area contributed by atoms with Crippen LogP contribution in [0.2, 0.25) is 0 Å². The molecule has 0 unspecified atom stereocenters. The summed E-state index contributed by atoms with van der Waals surface area (Å²) >= 11 is 0. The van der Waals surface area contributed by atoms with Gasteiger partial charge in [-0.15, -0.1) is 0 Å². The minimum absolute atomic E-state index is 0.211. The van der Waals surface area contributed by atoms with E-state index in [1.165, 1.54) is 0 Å². The first-order valence-electron chi connectivity index (χ1n) is 9.81. The summed E-state index contributed by atoms with van der Waals surface area (Å²) in [6.45, 7) is 5.19. The zero-order valence-electron chi connectivity index (χ0n) is 15.7. The number of nitrogens with zero attached hydrogens (tertiary/aromatic N) is 3. The second kappa shape index (κ2) is 7.38. The molecule has 2 atom stereocenters. The van der Waals surface area contributed by atoms with Crippen LogP contribution in [-0.4, -0.2) is 52.0 Å². The summed E-state index contributed by atoms with van der Waals surface area (Å²) in [5.74, 6) is 0.788. The van der Waals surface area contributed by atoms with E-state index >= 15 is 0 Å². The minimum Gasteiger partial charge on any atom is -0.491 e. The van der Waals surface area contributed by atoms with Crippen LogP contribution >= 0.6 is 0 Å². The molecule has 2 aliphatic rings. The summed E-state index contributed by atoms with van der Waals surface area (Å²) in [6.07, 6.45) is 3.48. The lowest BCUT2D eigenvalue weighted by molar-refractivity contribution is -0.141. The van der Waals surface area contributed by atoms with Crippen molar-refractivity contribution in [2.24, 2.45) is 11.8 Å². The van der Waals surface area contributed by atoms with Gasteiger partial charge in [-0.05, 0) is 49.3 Å². The van der Waals surface area contributed by atoms with Crippen molar-refractivity contribution in [2.45, 2.75) is 39.2 Å². The molecule has 0 spiro atoms. The molecule has 3 heterocycles. The number of aliphatic hydroxyl groups excluding tert-OH is 1. The van der Waals surface area contributed by atoms with Gasteiger partial charge < -0.3 is 24.4 Å². The lowest BCUT2D eigenvalue weighted by Gasteiger charge is -2.32. The smallest absolute Gasteiger partial charge is 0.306 e. The van der Waals surface area contributed by atoms with Crippen LogP contribution in [-0.2, 0) is 17.8 Å². The minimum atomic E-state index is -0.795. The number of aliphatic carboxylic acids is 1. The number of ether oxygens (including phenoxy) is 1. The Morgan fingerprint density at radius 1 is 1.37 bits per heavy atom. The predicted molar refractivity (Wildman–Crippen MR) is 102 cm³/mol. The number of hydrogen-bond donors (Lipinski definition) is 2. The zero-order valence-corrected chi connectivity index (χ0v) is 15.7. The molecule has 7 nitrogen and oxygen atoms in total. The second-order valence-electron chi connectivity index (χ2n) is 7.81. The number of aromatic nitrogens is 2. The number of benzene rings is 1. The fraction of sp³-hybridized carbons (Fsp3) is 0.600. The third-order valence-corrected chi connectivity index (χ3v) is 5.65. The van der Waals surface area contributed by atoms with E-state index in [0.29, 0.717) is 18.9 Å². The fourth-order valence-electron chi connectivity index (χ4n) is 4.20. The van der Waals surface area contributed by atoms with E-state index in [1.54, 1.807) is 6.92 Å². The van der Waals surface area contributed by atoms with Gasteiger partial charge in [-0.3, -0.25) is 4.79 Å². The molecular weight excluding hydrogens is 346 g/mol. The Morgan fingerprint density at radius 2 is 2.22 bits per heavy atom. The molecule has 2 N–H and O–H groups in total. The summed E-state index contributed by atoms with van der Waals surface area (Å²) < 4.78 is 8.22. The molecule has 146 valence electrons. The molecule has 0 saturated carbocycles. The van der Waals surface area contributed by atoms with Crippen LogP contribution in [0.3, 0.4) is 0 Å². The average molecular weight is 373 g/mol. The van der Waals surface area contributed by atoms with E-state index in [1.807, 2.05) is 12.1 Å². The third kappa shape index (κ3) is 3.48. The average Bonchev–Trinajstić information content (AvgIpc) is 2.89. The number of carboxylic acid groups (broad SMARTS) is 1. The first-order chi connectivity index (χ1) is 13.1. The first-order valence-corrected chi connectivity index (χ1v) is 9.81. The van der Waals surface area contributed by atoms with Gasteiger partial charge in [-0.2, -0.15) is 0 Å². The van der Waals surface area contributed by atoms with Crippen LogP contribution in [0.5, 0.6) is 5.75 Å². The number of aliphatic hydroxyl groups is 1. The molecule has 1 aromatic heterocycles. The molecule has 0 radical (unpaired) electrons. The molecule has 2 aliphatic heterocycles. The Labute approximate surface area is 158 Å². The van der Waals surface area contributed by atoms with Gasteiger partial charge in [0.15, 0.2) is 0 Å². The van der Waals surface area contributed by atoms with Crippen LogP contribution in [0.25, 0.3) is 11.0 Å². The van der Waals surface area contributed by atoms with Crippen molar-refractivity contribution < 1.29 is 19.7 Å². The van der Waals surface area contributed by atoms with Crippen LogP contribution in [0, 0.1) is 11.8 Å². The number of imidazole rings is 1. The normalized spacial score (nSPS) is 21.0. The molecule has 0 amide bonds. The molecule has 1 saturated heterocycles. The molecular formula is C20H27N3O4. The number of rotatable bonds is 5. The third-order valence-electron chi connectivity index (χ3n) is 5.65. The van der Waals surface area contributed by atoms with Crippen molar-refractivity contribution in [3.63, 3.8) is 0 Å². The van der Waals surface area contributed by atoms with Gasteiger partial charge in [0, 0.05) is 26.2 Å². The summed E-state index contributed by atoms with van der Waals surface area (Å²) in [7, 11) is 0. The van der Waals surface area contributed by atoms with E-state index in [-0.39, 0.29) is 6.61 Å². The van der Waals surface area contributed by atoms with Crippen molar-refractivity contribution in [1.82, 2.24) is 9.55 Å². The van der Waals surface area contributed by atoms with Crippen molar-refractivity contribution in [3.8, 4) is 5.75 Å². The van der Waals surface area contributed by atoms with Crippen molar-refractivity contribution in [3.05, 3.63) is 17.7 Å². The van der Waals surface area contributed by atoms with Gasteiger partial charge in [-0.1, -0.05) is 6.92 Å². The van der Waals surface area contributed by atoms with Crippen LogP contribution < -0.4 is 9.64 Å². The Balaban J connectivity index is 1.75. The Kier molecular flexibility index (Phi) is 4.95. The van der Waals surface area contributed by atoms with Gasteiger partial charge in [0.1, 0.15) is 11.3 Å². The van der Waals surface area contributed by atoms with Crippen LogP contribution in [0.4, 0.5) is 5.95 Å². The van der Waals surface area contributed by atoms with E-state index in [9.17, 15) is 15.0 Å². The zero-order chi connectivity index (χ0) is 19.0. The van der Waals surface area contributed by atoms with E-state index in [2.05, 4.69) is 9.47 Å². The summed E-state index contributed by atoms with van der Waals surface area (Å²) in [4.78, 5) is 18.4. The Morgan fingerprint density at radius 3 is 3.00 bits per heavy atom. The van der Waals surface area contributed by atoms with Gasteiger partial charge in [0.2, 0.25) is 5.95 Å². The first kappa shape index (κ1) is 18.1. The van der Waals surface area contributed by atoms with Crippen molar-refractivity contribution in [1.29, 1.82) is 0 Å². The molecule has 0 bridgehead atoms. The van der Waals surface area contributed by atoms with E-state index < -0.39 is 11.9 Å². The van der Waals surface area contributed by atoms with Gasteiger partial charge in [0.05, 0.1) is 18.0 Å². The molecule has 0 aliphatic carbocycles. The monoisotopic (exact) mass is 373 g/mol. The summed E-state index contributed by atoms with van der Waals surface area (Å²) in [5, 5.41) is 18.8. The molecule has 27 heavy (non-hydrogen) atoms. The maximum absolute atomic E-state index is 11.2. The fourth-order valence-corrected chi connectivity index (χ4v) is 4.20. The standard InChI is InChI=1S/C20H27N3O4/c1-13(19(25)26)8-15-9-16-18-17(10-15)27-7-3-6-23(18)20(21-16)22-5-2-4-14(11-22)12-24/h9-10,13-14,24H,2-8,11-12H2,1H3,(H,25,26)/t13-,14-/m1/s1. The molecule has 2 aromatic rings. The van der Waals surface area contributed by atoms with Gasteiger partial charge >= 0.3 is 5.97 Å². The largest absolute Gasteiger partial charge is 0.491 e. The number of aryl methyl sites for hydroxylation is 1. The molecule has 1 aromatic carbocycles. The van der Waals surface area contributed by atoms with Crippen LogP contribution in [0.1, 0.15) is 31.7 Å². The second-order valence-corrected chi connectivity index (χ2v) is 7.81. The highest BCUT2D eigenvalue weighted by Crippen LogP contribution is 2.35. The predicted octanol–water partition coefficient (Wildman–Crippen LogP) is 2.29.